The molecule has 3 heterocycles. The molecule has 2 aromatic carbocycles. The van der Waals surface area contributed by atoms with Gasteiger partial charge in [0.1, 0.15) is 11.6 Å². The molecular weight excluding hydrogens is 495 g/mol. The Kier molecular flexibility index (Phi) is 6.46. The molecule has 1 fully saturated rings. The maximum atomic E-state index is 14.0. The highest BCUT2D eigenvalue weighted by atomic mass is 35.5. The maximum absolute atomic E-state index is 14.0. The van der Waals surface area contributed by atoms with Crippen LogP contribution in [-0.2, 0) is 0 Å². The lowest BCUT2D eigenvalue weighted by Crippen LogP contribution is -2.49. The van der Waals surface area contributed by atoms with Gasteiger partial charge in [0.05, 0.1) is 13.2 Å². The van der Waals surface area contributed by atoms with Gasteiger partial charge in [0.2, 0.25) is 0 Å². The van der Waals surface area contributed by atoms with Crippen LogP contribution in [0.4, 0.5) is 24.7 Å². The molecule has 5 rings (SSSR count). The van der Waals surface area contributed by atoms with Crippen molar-refractivity contribution in [3.8, 4) is 5.75 Å². The van der Waals surface area contributed by atoms with E-state index in [1.807, 2.05) is 18.2 Å². The first-order valence-corrected chi connectivity index (χ1v) is 12.0. The van der Waals surface area contributed by atoms with Crippen molar-refractivity contribution in [3.63, 3.8) is 0 Å². The van der Waals surface area contributed by atoms with Crippen LogP contribution in [0.2, 0.25) is 5.02 Å². The number of piperazine rings is 1. The van der Waals surface area contributed by atoms with Crippen molar-refractivity contribution in [3.05, 3.63) is 70.9 Å². The minimum absolute atomic E-state index is 0.00154. The largest absolute Gasteiger partial charge is 0.497 e. The molecule has 1 aromatic heterocycles. The molecule has 1 saturated heterocycles. The second kappa shape index (κ2) is 9.57. The van der Waals surface area contributed by atoms with Gasteiger partial charge in [0, 0.05) is 49.4 Å². The molecule has 190 valence electrons. The number of aromatic nitrogens is 2. The number of carbonyl (C=O) groups excluding carboxylic acids is 1. The molecule has 2 atom stereocenters. The van der Waals surface area contributed by atoms with E-state index < -0.39 is 18.3 Å². The summed E-state index contributed by atoms with van der Waals surface area (Å²) in [6, 6.07) is 13.4. The topological polar surface area (TPSA) is 62.6 Å². The average Bonchev–Trinajstić information content (AvgIpc) is 3.31. The summed E-state index contributed by atoms with van der Waals surface area (Å²) in [6.45, 7) is 2.03. The number of fused-ring (bicyclic) bond motifs is 1. The molecule has 11 heteroatoms. The van der Waals surface area contributed by atoms with Crippen molar-refractivity contribution in [2.45, 2.75) is 24.7 Å². The van der Waals surface area contributed by atoms with E-state index in [9.17, 15) is 18.0 Å². The second-order valence-corrected chi connectivity index (χ2v) is 9.32. The van der Waals surface area contributed by atoms with Gasteiger partial charge in [0.25, 0.3) is 5.91 Å². The number of nitrogens with one attached hydrogen (secondary N) is 1. The Morgan fingerprint density at radius 3 is 2.44 bits per heavy atom. The fourth-order valence-corrected chi connectivity index (χ4v) is 4.92. The lowest BCUT2D eigenvalue weighted by Gasteiger charge is -2.35. The van der Waals surface area contributed by atoms with Gasteiger partial charge in [0.15, 0.2) is 11.7 Å². The summed E-state index contributed by atoms with van der Waals surface area (Å²) in [7, 11) is 1.53. The van der Waals surface area contributed by atoms with Gasteiger partial charge in [-0.15, -0.1) is 0 Å². The summed E-state index contributed by atoms with van der Waals surface area (Å²) >= 11 is 6.09. The molecule has 0 spiro atoms. The zero-order valence-corrected chi connectivity index (χ0v) is 20.3. The number of halogens is 4. The van der Waals surface area contributed by atoms with E-state index in [1.165, 1.54) is 13.2 Å². The first-order chi connectivity index (χ1) is 17.2. The van der Waals surface area contributed by atoms with E-state index >= 15 is 0 Å². The first-order valence-electron chi connectivity index (χ1n) is 11.6. The van der Waals surface area contributed by atoms with Crippen molar-refractivity contribution in [1.29, 1.82) is 0 Å². The number of alkyl halides is 3. The predicted octanol–water partition coefficient (Wildman–Crippen LogP) is 5.17. The molecule has 0 aliphatic carbocycles. The molecule has 2 aliphatic heterocycles. The molecule has 2 aliphatic rings. The number of amides is 1. The van der Waals surface area contributed by atoms with Gasteiger partial charge in [-0.2, -0.15) is 18.3 Å². The minimum Gasteiger partial charge on any atom is -0.497 e. The Labute approximate surface area is 211 Å². The smallest absolute Gasteiger partial charge is 0.410 e. The molecule has 0 bridgehead atoms. The number of ether oxygens (including phenoxy) is 1. The second-order valence-electron chi connectivity index (χ2n) is 8.88. The monoisotopic (exact) mass is 519 g/mol. The van der Waals surface area contributed by atoms with E-state index in [1.54, 1.807) is 35.2 Å². The fourth-order valence-electron chi connectivity index (χ4n) is 4.74. The Balaban J connectivity index is 1.34. The Bertz CT molecular complexity index is 1240. The SMILES string of the molecule is COc1ccc([C@H]2C[C@@H](C(F)(F)F)n3nc(C(=O)N4CCN(c5cccc(Cl)c5)CC4)cc3N2)cc1. The molecule has 0 unspecified atom stereocenters. The van der Waals surface area contributed by atoms with Crippen LogP contribution < -0.4 is 15.0 Å². The molecule has 3 aromatic rings. The highest BCUT2D eigenvalue weighted by Gasteiger charge is 2.47. The zero-order valence-electron chi connectivity index (χ0n) is 19.5. The van der Waals surface area contributed by atoms with E-state index in [4.69, 9.17) is 16.3 Å². The van der Waals surface area contributed by atoms with Crippen LogP contribution in [0.5, 0.6) is 5.75 Å². The quantitative estimate of drug-likeness (QED) is 0.515. The standard InChI is InChI=1S/C25H25ClF3N5O2/c1-36-19-7-5-16(6-8-19)20-14-22(25(27,28)29)34-23(30-20)15-21(31-34)24(35)33-11-9-32(10-12-33)18-4-2-3-17(26)13-18/h2-8,13,15,20,22,30H,9-12,14H2,1H3/t20-,22+/m1/s1. The molecule has 1 N–H and O–H groups in total. The van der Waals surface area contributed by atoms with Gasteiger partial charge in [-0.05, 0) is 35.9 Å². The summed E-state index contributed by atoms with van der Waals surface area (Å²) in [5, 5.41) is 7.88. The van der Waals surface area contributed by atoms with Crippen LogP contribution in [0, 0.1) is 0 Å². The van der Waals surface area contributed by atoms with E-state index in [0.717, 1.165) is 10.4 Å². The van der Waals surface area contributed by atoms with Gasteiger partial charge in [-0.3, -0.25) is 4.79 Å². The van der Waals surface area contributed by atoms with Crippen LogP contribution in [-0.4, -0.2) is 60.1 Å². The van der Waals surface area contributed by atoms with Crippen molar-refractivity contribution in [1.82, 2.24) is 14.7 Å². The van der Waals surface area contributed by atoms with Crippen LogP contribution in [0.3, 0.4) is 0 Å². The summed E-state index contributed by atoms with van der Waals surface area (Å²) in [5.74, 6) is 0.409. The Morgan fingerprint density at radius 1 is 1.08 bits per heavy atom. The van der Waals surface area contributed by atoms with Crippen molar-refractivity contribution in [2.24, 2.45) is 0 Å². The van der Waals surface area contributed by atoms with Crippen molar-refractivity contribution in [2.75, 3.05) is 43.5 Å². The molecule has 0 saturated carbocycles. The zero-order chi connectivity index (χ0) is 25.4. The Hall–Kier alpha value is -3.40. The first kappa shape index (κ1) is 24.3. The molecule has 36 heavy (non-hydrogen) atoms. The summed E-state index contributed by atoms with van der Waals surface area (Å²) in [4.78, 5) is 16.9. The van der Waals surface area contributed by atoms with Gasteiger partial charge in [-0.1, -0.05) is 29.8 Å². The van der Waals surface area contributed by atoms with E-state index in [0.29, 0.717) is 42.5 Å². The highest BCUT2D eigenvalue weighted by molar-refractivity contribution is 6.30. The fraction of sp³-hybridized carbons (Fsp3) is 0.360. The number of hydrogen-bond acceptors (Lipinski definition) is 5. The molecule has 7 nitrogen and oxygen atoms in total. The normalized spacial score (nSPS) is 20.0. The van der Waals surface area contributed by atoms with Crippen molar-refractivity contribution < 1.29 is 22.7 Å². The third-order valence-electron chi connectivity index (χ3n) is 6.67. The number of rotatable bonds is 4. The van der Waals surface area contributed by atoms with Crippen LogP contribution in [0.15, 0.2) is 54.6 Å². The highest BCUT2D eigenvalue weighted by Crippen LogP contribution is 2.44. The number of benzene rings is 2. The van der Waals surface area contributed by atoms with Gasteiger partial charge < -0.3 is 19.9 Å². The summed E-state index contributed by atoms with van der Waals surface area (Å²) in [5.41, 5.74) is 1.66. The van der Waals surface area contributed by atoms with Crippen LogP contribution in [0.25, 0.3) is 0 Å². The van der Waals surface area contributed by atoms with E-state index in [-0.39, 0.29) is 23.8 Å². The van der Waals surface area contributed by atoms with Crippen LogP contribution >= 0.6 is 11.6 Å². The van der Waals surface area contributed by atoms with Crippen molar-refractivity contribution >= 4 is 29.0 Å². The predicted molar refractivity (Wildman–Crippen MR) is 131 cm³/mol. The average molecular weight is 520 g/mol. The van der Waals surface area contributed by atoms with Gasteiger partial charge >= 0.3 is 6.18 Å². The number of nitrogens with zero attached hydrogens (tertiary/aromatic N) is 4. The third-order valence-corrected chi connectivity index (χ3v) is 6.90. The molecular formula is C25H25ClF3N5O2. The molecule has 1 amide bonds. The minimum atomic E-state index is -4.52. The summed E-state index contributed by atoms with van der Waals surface area (Å²) < 4.78 is 48.1. The Morgan fingerprint density at radius 2 is 1.81 bits per heavy atom. The third kappa shape index (κ3) is 4.82. The lowest BCUT2D eigenvalue weighted by molar-refractivity contribution is -0.173. The number of methoxy groups -OCH3 is 1. The summed E-state index contributed by atoms with van der Waals surface area (Å²) in [6.07, 6.45) is -4.76. The number of hydrogen-bond donors (Lipinski definition) is 1. The van der Waals surface area contributed by atoms with E-state index in [2.05, 4.69) is 15.3 Å². The lowest BCUT2D eigenvalue weighted by atomic mass is 9.97. The van der Waals surface area contributed by atoms with Crippen LogP contribution in [0.1, 0.15) is 34.6 Å². The number of carbonyl (C=O) groups is 1. The van der Waals surface area contributed by atoms with Gasteiger partial charge in [-0.25, -0.2) is 4.68 Å². The number of anilines is 2. The maximum Gasteiger partial charge on any atom is 0.410 e. The molecule has 0 radical (unpaired) electrons.